The Morgan fingerprint density at radius 2 is 1.74 bits per heavy atom. The maximum atomic E-state index is 6.35. The average molecular weight is 306 g/mol. The monoisotopic (exact) mass is 306 g/mol. The molecule has 1 aliphatic carbocycles. The number of benzene rings is 2. The van der Waals surface area contributed by atoms with Gasteiger partial charge in [0.1, 0.15) is 5.75 Å². The first-order valence-corrected chi connectivity index (χ1v) is 8.37. The number of hydrogen-bond donors (Lipinski definition) is 0. The van der Waals surface area contributed by atoms with Gasteiger partial charge in [-0.1, -0.05) is 68.8 Å². The highest BCUT2D eigenvalue weighted by molar-refractivity contribution is 5.94. The fourth-order valence-corrected chi connectivity index (χ4v) is 3.16. The van der Waals surface area contributed by atoms with Crippen molar-refractivity contribution in [3.8, 4) is 5.75 Å². The molecule has 0 unspecified atom stereocenters. The Bertz CT molecular complexity index is 800. The molecule has 0 saturated carbocycles. The van der Waals surface area contributed by atoms with Crippen molar-refractivity contribution in [2.24, 2.45) is 5.41 Å². The van der Waals surface area contributed by atoms with Crippen LogP contribution in [0.15, 0.2) is 53.6 Å². The van der Waals surface area contributed by atoms with Gasteiger partial charge < -0.3 is 4.74 Å². The highest BCUT2D eigenvalue weighted by Gasteiger charge is 2.20. The van der Waals surface area contributed by atoms with Gasteiger partial charge in [-0.05, 0) is 42.2 Å². The molecule has 0 spiro atoms. The number of rotatable bonds is 3. The van der Waals surface area contributed by atoms with E-state index < -0.39 is 0 Å². The Morgan fingerprint density at radius 3 is 2.39 bits per heavy atom. The summed E-state index contributed by atoms with van der Waals surface area (Å²) in [5.74, 6) is 1.04. The van der Waals surface area contributed by atoms with Crippen LogP contribution in [0, 0.1) is 5.41 Å². The summed E-state index contributed by atoms with van der Waals surface area (Å²) in [7, 11) is 0. The fraction of sp³-hybridized carbons (Fsp3) is 0.364. The molecule has 1 heteroatoms. The van der Waals surface area contributed by atoms with E-state index in [2.05, 4.69) is 77.1 Å². The van der Waals surface area contributed by atoms with E-state index >= 15 is 0 Å². The number of fused-ring (bicyclic) bond motifs is 1. The molecule has 0 atom stereocenters. The van der Waals surface area contributed by atoms with Gasteiger partial charge in [-0.25, -0.2) is 0 Å². The molecule has 0 heterocycles. The number of hydrogen-bond acceptors (Lipinski definition) is 1. The van der Waals surface area contributed by atoms with Crippen LogP contribution in [0.3, 0.4) is 0 Å². The van der Waals surface area contributed by atoms with Crippen LogP contribution < -0.4 is 4.74 Å². The topological polar surface area (TPSA) is 9.23 Å². The second kappa shape index (κ2) is 5.88. The quantitative estimate of drug-likeness (QED) is 0.638. The Balaban J connectivity index is 2.12. The largest absolute Gasteiger partial charge is 0.492 e. The predicted octanol–water partition coefficient (Wildman–Crippen LogP) is 6.39. The van der Waals surface area contributed by atoms with E-state index in [1.54, 1.807) is 0 Å². The van der Waals surface area contributed by atoms with Crippen molar-refractivity contribution < 1.29 is 4.74 Å². The molecule has 3 rings (SSSR count). The molecule has 0 fully saturated rings. The van der Waals surface area contributed by atoms with Gasteiger partial charge in [0.05, 0.1) is 6.61 Å². The van der Waals surface area contributed by atoms with Crippen molar-refractivity contribution in [1.82, 2.24) is 0 Å². The minimum atomic E-state index is 0.140. The summed E-state index contributed by atoms with van der Waals surface area (Å²) in [4.78, 5) is 0. The maximum absolute atomic E-state index is 6.35. The van der Waals surface area contributed by atoms with Crippen LogP contribution in [0.5, 0.6) is 5.75 Å². The summed E-state index contributed by atoms with van der Waals surface area (Å²) in [6.07, 6.45) is 3.31. The third-order valence-corrected chi connectivity index (χ3v) is 4.25. The molecule has 23 heavy (non-hydrogen) atoms. The number of allylic oxidation sites excluding steroid dienone is 4. The molecular formula is C22H26O. The van der Waals surface area contributed by atoms with Crippen molar-refractivity contribution in [2.75, 3.05) is 6.61 Å². The molecule has 0 saturated heterocycles. The van der Waals surface area contributed by atoms with Crippen LogP contribution in [0.2, 0.25) is 0 Å². The molecule has 0 N–H and O–H groups in total. The van der Waals surface area contributed by atoms with Gasteiger partial charge >= 0.3 is 0 Å². The Hall–Kier alpha value is -2.02. The Kier molecular flexibility index (Phi) is 4.06. The molecule has 2 aromatic rings. The zero-order valence-corrected chi connectivity index (χ0v) is 14.9. The molecule has 0 bridgehead atoms. The minimum absolute atomic E-state index is 0.140. The lowest BCUT2D eigenvalue weighted by Gasteiger charge is -2.22. The van der Waals surface area contributed by atoms with E-state index in [1.165, 1.54) is 33.1 Å². The minimum Gasteiger partial charge on any atom is -0.492 e. The highest BCUT2D eigenvalue weighted by Crippen LogP contribution is 2.41. The lowest BCUT2D eigenvalue weighted by molar-refractivity contribution is 0.199. The molecule has 1 aliphatic rings. The van der Waals surface area contributed by atoms with Crippen molar-refractivity contribution >= 4 is 16.3 Å². The third kappa shape index (κ3) is 3.34. The van der Waals surface area contributed by atoms with Gasteiger partial charge in [-0.3, -0.25) is 0 Å². The summed E-state index contributed by atoms with van der Waals surface area (Å²) in [5.41, 5.74) is 5.57. The molecule has 2 aromatic carbocycles. The lowest BCUT2D eigenvalue weighted by atomic mass is 9.95. The first-order chi connectivity index (χ1) is 10.8. The molecule has 0 aliphatic heterocycles. The summed E-state index contributed by atoms with van der Waals surface area (Å²) < 4.78 is 6.35. The predicted molar refractivity (Wildman–Crippen MR) is 99.9 cm³/mol. The Morgan fingerprint density at radius 1 is 1.00 bits per heavy atom. The van der Waals surface area contributed by atoms with E-state index in [-0.39, 0.29) is 5.41 Å². The smallest absolute Gasteiger partial charge is 0.134 e. The zero-order chi connectivity index (χ0) is 16.6. The van der Waals surface area contributed by atoms with E-state index in [0.29, 0.717) is 6.61 Å². The van der Waals surface area contributed by atoms with Gasteiger partial charge in [-0.2, -0.15) is 0 Å². The zero-order valence-electron chi connectivity index (χ0n) is 14.9. The molecular weight excluding hydrogens is 280 g/mol. The van der Waals surface area contributed by atoms with Crippen molar-refractivity contribution in [1.29, 1.82) is 0 Å². The van der Waals surface area contributed by atoms with Crippen molar-refractivity contribution in [2.45, 2.75) is 41.0 Å². The van der Waals surface area contributed by atoms with E-state index in [0.717, 1.165) is 12.2 Å². The van der Waals surface area contributed by atoms with Crippen molar-refractivity contribution in [3.63, 3.8) is 0 Å². The van der Waals surface area contributed by atoms with E-state index in [9.17, 15) is 0 Å². The van der Waals surface area contributed by atoms with Crippen LogP contribution in [0.1, 0.15) is 46.6 Å². The highest BCUT2D eigenvalue weighted by atomic mass is 16.5. The first-order valence-electron chi connectivity index (χ1n) is 8.37. The summed E-state index contributed by atoms with van der Waals surface area (Å²) in [5, 5.41) is 2.44. The molecule has 120 valence electrons. The summed E-state index contributed by atoms with van der Waals surface area (Å²) in [6.45, 7) is 11.8. The molecule has 0 aromatic heterocycles. The van der Waals surface area contributed by atoms with Crippen LogP contribution >= 0.6 is 0 Å². The van der Waals surface area contributed by atoms with Gasteiger partial charge in [0.2, 0.25) is 0 Å². The molecule has 0 amide bonds. The number of ether oxygens (including phenoxy) is 1. The lowest BCUT2D eigenvalue weighted by Crippen LogP contribution is -2.17. The van der Waals surface area contributed by atoms with Crippen LogP contribution in [-0.2, 0) is 0 Å². The van der Waals surface area contributed by atoms with Gasteiger partial charge in [-0.15, -0.1) is 0 Å². The summed E-state index contributed by atoms with van der Waals surface area (Å²) >= 11 is 0. The van der Waals surface area contributed by atoms with Crippen LogP contribution in [-0.4, -0.2) is 6.61 Å². The fourth-order valence-electron chi connectivity index (χ4n) is 3.16. The maximum Gasteiger partial charge on any atom is 0.134 e. The second-order valence-electron chi connectivity index (χ2n) is 7.84. The van der Waals surface area contributed by atoms with Gasteiger partial charge in [0, 0.05) is 10.9 Å². The van der Waals surface area contributed by atoms with E-state index in [4.69, 9.17) is 4.74 Å². The Labute approximate surface area is 139 Å². The second-order valence-corrected chi connectivity index (χ2v) is 7.84. The van der Waals surface area contributed by atoms with Gasteiger partial charge in [0.15, 0.2) is 0 Å². The molecule has 1 nitrogen and oxygen atoms in total. The first kappa shape index (κ1) is 15.9. The molecule has 0 radical (unpaired) electrons. The van der Waals surface area contributed by atoms with Crippen LogP contribution in [0.4, 0.5) is 0 Å². The SMILES string of the molecule is CC1=CC(C)=C(c2ccc3ccccc3c2OCC(C)(C)C)C1. The summed E-state index contributed by atoms with van der Waals surface area (Å²) in [6, 6.07) is 12.9. The van der Waals surface area contributed by atoms with Crippen LogP contribution in [0.25, 0.3) is 16.3 Å². The van der Waals surface area contributed by atoms with E-state index in [1.807, 2.05) is 0 Å². The standard InChI is InChI=1S/C22H26O/c1-15-12-16(2)20(13-15)19-11-10-17-8-6-7-9-18(17)21(19)23-14-22(3,4)5/h6-12H,13-14H2,1-5H3. The van der Waals surface area contributed by atoms with Gasteiger partial charge in [0.25, 0.3) is 0 Å². The average Bonchev–Trinajstić information content (AvgIpc) is 2.82. The third-order valence-electron chi connectivity index (χ3n) is 4.25. The van der Waals surface area contributed by atoms with Crippen molar-refractivity contribution in [3.05, 3.63) is 59.2 Å². The normalized spacial score (nSPS) is 15.3.